The number of hydrogen-bond donors (Lipinski definition) is 3. The third-order valence-electron chi connectivity index (χ3n) is 22.9. The van der Waals surface area contributed by atoms with E-state index in [2.05, 4.69) is 86.0 Å². The molecule has 1 saturated heterocycles. The number of benzene rings is 1. The van der Waals surface area contributed by atoms with Crippen molar-refractivity contribution < 1.29 is 76.3 Å². The largest absolute Gasteiger partial charge is 0.462 e. The summed E-state index contributed by atoms with van der Waals surface area (Å²) in [5, 5.41) is 18.6. The highest BCUT2D eigenvalue weighted by Gasteiger charge is 2.51. The second-order valence-electron chi connectivity index (χ2n) is 34.6. The molecule has 1 aliphatic heterocycles. The first-order valence-electron chi connectivity index (χ1n) is 46.8. The smallest absolute Gasteiger partial charge is 0.331 e. The van der Waals surface area contributed by atoms with E-state index in [1.807, 2.05) is 30.3 Å². The molecular formula is C94H170N2O16Si. The summed E-state index contributed by atoms with van der Waals surface area (Å²) in [7, 11) is -2.61. The van der Waals surface area contributed by atoms with Crippen molar-refractivity contribution in [1.29, 1.82) is 0 Å². The zero-order valence-corrected chi connectivity index (χ0v) is 75.1. The lowest BCUT2D eigenvalue weighted by molar-refractivity contribution is -0.274. The van der Waals surface area contributed by atoms with Crippen molar-refractivity contribution in [2.45, 2.75) is 508 Å². The van der Waals surface area contributed by atoms with E-state index in [-0.39, 0.29) is 68.7 Å². The summed E-state index contributed by atoms with van der Waals surface area (Å²) < 4.78 is 51.5. The zero-order chi connectivity index (χ0) is 82.8. The van der Waals surface area contributed by atoms with Crippen molar-refractivity contribution in [3.63, 3.8) is 0 Å². The van der Waals surface area contributed by atoms with E-state index < -0.39 is 99.6 Å². The molecule has 2 amide bonds. The Hall–Kier alpha value is -4.43. The zero-order valence-electron chi connectivity index (χ0n) is 74.1. The van der Waals surface area contributed by atoms with E-state index in [0.717, 1.165) is 173 Å². The number of esters is 5. The minimum Gasteiger partial charge on any atom is -0.462 e. The lowest BCUT2D eigenvalue weighted by atomic mass is 9.95. The average molecular weight is 1610 g/mol. The van der Waals surface area contributed by atoms with E-state index in [9.17, 15) is 29.1 Å². The molecule has 0 aromatic heterocycles. The van der Waals surface area contributed by atoms with Crippen molar-refractivity contribution >= 4 is 50.0 Å². The number of rotatable bonds is 75. The Bertz CT molecular complexity index is 2530. The second-order valence-corrected chi connectivity index (χ2v) is 39.4. The highest BCUT2D eigenvalue weighted by Crippen LogP contribution is 2.38. The number of amides is 2. The minimum absolute atomic E-state index is 0.141. The lowest BCUT2D eigenvalue weighted by Gasteiger charge is -2.45. The molecule has 1 fully saturated rings. The van der Waals surface area contributed by atoms with Crippen molar-refractivity contribution in [2.24, 2.45) is 0 Å². The topological polar surface area (TPSA) is 238 Å². The number of hydrogen-bond acceptors (Lipinski definition) is 16. The Morgan fingerprint density at radius 1 is 0.442 bits per heavy atom. The molecule has 0 bridgehead atoms. The lowest BCUT2D eigenvalue weighted by Crippen LogP contribution is -2.67. The van der Waals surface area contributed by atoms with Crippen LogP contribution in [0.5, 0.6) is 0 Å². The Balaban J connectivity index is 2.84. The molecule has 113 heavy (non-hydrogen) atoms. The third-order valence-corrected chi connectivity index (χ3v) is 27.4. The highest BCUT2D eigenvalue weighted by atomic mass is 28.4. The average Bonchev–Trinajstić information content (AvgIpc) is 0.786. The summed E-state index contributed by atoms with van der Waals surface area (Å²) in [6.07, 6.45) is 43.2. The first-order valence-corrected chi connectivity index (χ1v) is 49.7. The maximum absolute atomic E-state index is 15.2. The fraction of sp³-hybridized carbons (Fsp3) is 0.862. The van der Waals surface area contributed by atoms with Gasteiger partial charge in [-0.05, 0) is 81.5 Å². The Morgan fingerprint density at radius 3 is 1.14 bits per heavy atom. The molecule has 0 spiro atoms. The van der Waals surface area contributed by atoms with Crippen molar-refractivity contribution in [1.82, 2.24) is 10.6 Å². The standard InChI is InChI=1S/C94H170N2O16Si/c1-12-18-24-30-36-39-45-48-57-65-78(108-85(99)68-60-51-42-33-27-21-15-4)71-83(97)95-81(92(104)105-74-77-63-55-54-56-64-77)75-106-93-89(96-84(98)72-79(66-58-49-46-40-37-31-25-19-13-2)109-86(100)69-61-52-43-34-28-22-16-5)91(90(103)82(111-93)76-107-113(10,11)94(7,8)9)112-88(102)73-80(67-59-50-47-41-38-32-26-20-14-3)110-87(101)70-62-53-44-35-29-23-17-6/h54-56,63-64,78-82,89-91,93,103H,12-53,57-62,65-76H2,1-11H3,(H,95,97)(H,96,98)/t78-,79-,80-,81+,82-,89-,90-,91-,93-/m1/s1. The first kappa shape index (κ1) is 105. The monoisotopic (exact) mass is 1610 g/mol. The summed E-state index contributed by atoms with van der Waals surface area (Å²) >= 11 is 0. The molecule has 0 aliphatic carbocycles. The summed E-state index contributed by atoms with van der Waals surface area (Å²) in [5.74, 6) is -3.97. The van der Waals surface area contributed by atoms with Crippen LogP contribution in [0.25, 0.3) is 0 Å². The molecule has 0 saturated carbocycles. The van der Waals surface area contributed by atoms with E-state index in [1.54, 1.807) is 0 Å². The molecule has 9 atom stereocenters. The van der Waals surface area contributed by atoms with Crippen LogP contribution >= 0.6 is 0 Å². The maximum Gasteiger partial charge on any atom is 0.331 e. The normalized spacial score (nSPS) is 16.9. The summed E-state index contributed by atoms with van der Waals surface area (Å²) in [4.78, 5) is 101. The number of aliphatic hydroxyl groups excluding tert-OH is 1. The molecule has 1 aliphatic rings. The molecule has 1 heterocycles. The number of nitrogens with one attached hydrogen (secondary N) is 2. The van der Waals surface area contributed by atoms with E-state index in [0.29, 0.717) is 56.9 Å². The Morgan fingerprint density at radius 2 is 0.779 bits per heavy atom. The van der Waals surface area contributed by atoms with Gasteiger partial charge in [0.1, 0.15) is 43.2 Å². The summed E-state index contributed by atoms with van der Waals surface area (Å²) in [6, 6.07) is 6.14. The van der Waals surface area contributed by atoms with Crippen molar-refractivity contribution in [2.75, 3.05) is 13.2 Å². The molecule has 19 heteroatoms. The molecule has 1 aromatic rings. The van der Waals surface area contributed by atoms with Gasteiger partial charge in [-0.25, -0.2) is 4.79 Å². The molecule has 3 N–H and O–H groups in total. The van der Waals surface area contributed by atoms with Gasteiger partial charge >= 0.3 is 29.8 Å². The summed E-state index contributed by atoms with van der Waals surface area (Å²) in [6.45, 7) is 22.7. The minimum atomic E-state index is -2.61. The van der Waals surface area contributed by atoms with Gasteiger partial charge in [0, 0.05) is 19.3 Å². The quantitative estimate of drug-likeness (QED) is 0.0238. The number of ether oxygens (including phenoxy) is 7. The number of carbonyl (C=O) groups excluding carboxylic acids is 7. The van der Waals surface area contributed by atoms with Crippen LogP contribution in [-0.2, 0) is 77.8 Å². The van der Waals surface area contributed by atoms with E-state index in [1.165, 1.54) is 103 Å². The van der Waals surface area contributed by atoms with Crippen LogP contribution < -0.4 is 10.6 Å². The highest BCUT2D eigenvalue weighted by molar-refractivity contribution is 6.74. The number of unbranched alkanes of at least 4 members (excludes halogenated alkanes) is 42. The van der Waals surface area contributed by atoms with Crippen molar-refractivity contribution in [3.05, 3.63) is 35.9 Å². The van der Waals surface area contributed by atoms with E-state index in [4.69, 9.17) is 37.6 Å². The van der Waals surface area contributed by atoms with Crippen LogP contribution in [0.2, 0.25) is 18.1 Å². The van der Waals surface area contributed by atoms with Gasteiger partial charge < -0.3 is 53.3 Å². The number of carbonyl (C=O) groups is 7. The molecule has 0 radical (unpaired) electrons. The van der Waals surface area contributed by atoms with Gasteiger partial charge in [-0.15, -0.1) is 0 Å². The van der Waals surface area contributed by atoms with Crippen LogP contribution in [0.4, 0.5) is 0 Å². The fourth-order valence-electron chi connectivity index (χ4n) is 14.6. The van der Waals surface area contributed by atoms with Crippen LogP contribution in [0.3, 0.4) is 0 Å². The van der Waals surface area contributed by atoms with Crippen LogP contribution in [0, 0.1) is 0 Å². The Labute approximate surface area is 690 Å². The predicted molar refractivity (Wildman–Crippen MR) is 461 cm³/mol. The predicted octanol–water partition coefficient (Wildman–Crippen LogP) is 23.8. The van der Waals surface area contributed by atoms with Crippen LogP contribution in [0.1, 0.15) is 434 Å². The number of aliphatic hydroxyl groups is 1. The fourth-order valence-corrected chi connectivity index (χ4v) is 15.6. The molecular weight excluding hydrogens is 1440 g/mol. The SMILES string of the molecule is CCCCCCCCCCC[C@H](CC(=O)N[C@H]1[C@H](OC[C@H](NC(=O)C[C@@H](CCCCCCCCCCC)OC(=O)CCCCCCCCC)C(=O)OCc2ccccc2)O[C@H](CO[Si](C)(C)C(C)(C)C)[C@@H](O)[C@@H]1OC(=O)C[C@@H](CCCCCCCCCCC)OC(=O)CCCCCCCCC)OC(=O)CCCCCCCCC. The van der Waals surface area contributed by atoms with Crippen molar-refractivity contribution in [3.8, 4) is 0 Å². The first-order chi connectivity index (χ1) is 54.6. The van der Waals surface area contributed by atoms with Gasteiger partial charge in [0.25, 0.3) is 0 Å². The Kier molecular flexibility index (Phi) is 63.4. The van der Waals surface area contributed by atoms with Gasteiger partial charge in [-0.2, -0.15) is 0 Å². The maximum atomic E-state index is 15.2. The summed E-state index contributed by atoms with van der Waals surface area (Å²) in [5.41, 5.74) is 0.695. The molecule has 0 unspecified atom stereocenters. The third kappa shape index (κ3) is 54.3. The van der Waals surface area contributed by atoms with E-state index >= 15 is 9.59 Å². The molecule has 18 nitrogen and oxygen atoms in total. The molecule has 2 rings (SSSR count). The molecule has 1 aromatic carbocycles. The molecule has 656 valence electrons. The van der Waals surface area contributed by atoms with Gasteiger partial charge in [0.15, 0.2) is 26.8 Å². The van der Waals surface area contributed by atoms with Crippen LogP contribution in [-0.4, -0.2) is 123 Å². The van der Waals surface area contributed by atoms with Gasteiger partial charge in [-0.1, -0.05) is 362 Å². The van der Waals surface area contributed by atoms with Crippen LogP contribution in [0.15, 0.2) is 30.3 Å². The second kappa shape index (κ2) is 68.5. The van der Waals surface area contributed by atoms with Gasteiger partial charge in [-0.3, -0.25) is 28.8 Å². The van der Waals surface area contributed by atoms with Gasteiger partial charge in [0.05, 0.1) is 32.5 Å². The van der Waals surface area contributed by atoms with Gasteiger partial charge in [0.2, 0.25) is 11.8 Å².